The second kappa shape index (κ2) is 11.6. The van der Waals surface area contributed by atoms with Crippen molar-refractivity contribution >= 4 is 28.1 Å². The van der Waals surface area contributed by atoms with Crippen molar-refractivity contribution in [3.05, 3.63) is 114 Å². The number of hydrogen-bond donors (Lipinski definition) is 1. The largest absolute Gasteiger partial charge is 0.468 e. The molecule has 0 spiro atoms. The van der Waals surface area contributed by atoms with Gasteiger partial charge in [-0.2, -0.15) is 5.10 Å². The van der Waals surface area contributed by atoms with Crippen LogP contribution in [0, 0.1) is 18.8 Å². The Morgan fingerprint density at radius 3 is 2.69 bits per heavy atom. The van der Waals surface area contributed by atoms with E-state index in [1.807, 2.05) is 73.7 Å². The Bertz CT molecular complexity index is 1980. The van der Waals surface area contributed by atoms with Gasteiger partial charge in [0, 0.05) is 53.8 Å². The van der Waals surface area contributed by atoms with Crippen molar-refractivity contribution in [1.29, 1.82) is 0 Å². The number of fused-ring (bicyclic) bond motifs is 2. The normalized spacial score (nSPS) is 10.9. The summed E-state index contributed by atoms with van der Waals surface area (Å²) in [5.41, 5.74) is 7.66. The lowest BCUT2D eigenvalue weighted by molar-refractivity contribution is 0.0511. The number of nitrogens with zero attached hydrogens (tertiary/aromatic N) is 4. The molecule has 3 aromatic heterocycles. The molecule has 3 heterocycles. The van der Waals surface area contributed by atoms with E-state index in [0.717, 1.165) is 56.8 Å². The van der Waals surface area contributed by atoms with Crippen LogP contribution in [-0.2, 0) is 11.3 Å². The van der Waals surface area contributed by atoms with Crippen LogP contribution in [0.25, 0.3) is 27.7 Å². The van der Waals surface area contributed by atoms with Crippen LogP contribution in [0.2, 0.25) is 0 Å². The Balaban J connectivity index is 1.24. The fourth-order valence-corrected chi connectivity index (χ4v) is 4.87. The molecule has 208 valence electrons. The van der Waals surface area contributed by atoms with Gasteiger partial charge in [-0.1, -0.05) is 30.2 Å². The first kappa shape index (κ1) is 26.8. The minimum absolute atomic E-state index is 0.199. The average Bonchev–Trinajstić information content (AvgIpc) is 3.61. The van der Waals surface area contributed by atoms with Gasteiger partial charge in [-0.25, -0.2) is 9.50 Å². The van der Waals surface area contributed by atoms with Crippen LogP contribution < -0.4 is 10.1 Å². The third-order valence-corrected chi connectivity index (χ3v) is 7.09. The van der Waals surface area contributed by atoms with Gasteiger partial charge in [-0.3, -0.25) is 4.79 Å². The van der Waals surface area contributed by atoms with E-state index in [1.54, 1.807) is 24.0 Å². The van der Waals surface area contributed by atoms with Crippen molar-refractivity contribution in [2.75, 3.05) is 19.2 Å². The van der Waals surface area contributed by atoms with Crippen molar-refractivity contribution in [1.82, 2.24) is 19.2 Å². The molecular formula is C34H29N5O3. The summed E-state index contributed by atoms with van der Waals surface area (Å²) in [7, 11) is 1.60. The van der Waals surface area contributed by atoms with E-state index in [9.17, 15) is 4.79 Å². The fraction of sp³-hybridized carbons (Fsp3) is 0.147. The smallest absolute Gasteiger partial charge is 0.255 e. The molecule has 3 aromatic carbocycles. The van der Waals surface area contributed by atoms with Gasteiger partial charge in [-0.05, 0) is 79.4 Å². The monoisotopic (exact) mass is 555 g/mol. The van der Waals surface area contributed by atoms with Gasteiger partial charge < -0.3 is 19.4 Å². The first-order chi connectivity index (χ1) is 20.5. The van der Waals surface area contributed by atoms with Crippen LogP contribution in [0.15, 0.2) is 91.4 Å². The zero-order chi connectivity index (χ0) is 29.1. The van der Waals surface area contributed by atoms with Crippen molar-refractivity contribution < 1.29 is 14.3 Å². The Kier molecular flexibility index (Phi) is 7.41. The van der Waals surface area contributed by atoms with Gasteiger partial charge in [0.15, 0.2) is 12.4 Å². The second-order valence-corrected chi connectivity index (χ2v) is 9.81. The molecule has 0 aliphatic heterocycles. The van der Waals surface area contributed by atoms with Gasteiger partial charge in [0.2, 0.25) is 0 Å². The molecule has 1 N–H and O–H groups in total. The zero-order valence-corrected chi connectivity index (χ0v) is 23.6. The summed E-state index contributed by atoms with van der Waals surface area (Å²) < 4.78 is 14.4. The maximum absolute atomic E-state index is 13.3. The third kappa shape index (κ3) is 5.33. The van der Waals surface area contributed by atoms with Crippen LogP contribution >= 0.6 is 0 Å². The van der Waals surface area contributed by atoms with Crippen molar-refractivity contribution in [2.24, 2.45) is 0 Å². The van der Waals surface area contributed by atoms with Gasteiger partial charge in [0.05, 0.1) is 11.7 Å². The topological polar surface area (TPSA) is 82.7 Å². The Hall–Kier alpha value is -5.39. The summed E-state index contributed by atoms with van der Waals surface area (Å²) in [6.07, 6.45) is 5.54. The molecule has 0 aliphatic carbocycles. The first-order valence-corrected chi connectivity index (χ1v) is 13.6. The van der Waals surface area contributed by atoms with Gasteiger partial charge in [0.1, 0.15) is 11.4 Å². The number of aromatic nitrogens is 4. The summed E-state index contributed by atoms with van der Waals surface area (Å²) in [6, 6.07) is 23.2. The number of ether oxygens (including phenoxy) is 2. The second-order valence-electron chi connectivity index (χ2n) is 9.81. The summed E-state index contributed by atoms with van der Waals surface area (Å²) in [5.74, 6) is 6.88. The van der Waals surface area contributed by atoms with Crippen LogP contribution in [-0.4, -0.2) is 39.0 Å². The molecule has 0 bridgehead atoms. The minimum Gasteiger partial charge on any atom is -0.468 e. The Morgan fingerprint density at radius 1 is 1.02 bits per heavy atom. The quantitative estimate of drug-likeness (QED) is 0.184. The molecule has 0 aliphatic rings. The lowest BCUT2D eigenvalue weighted by Crippen LogP contribution is -2.12. The summed E-state index contributed by atoms with van der Waals surface area (Å²) in [5, 5.41) is 8.48. The van der Waals surface area contributed by atoms with Crippen LogP contribution in [0.3, 0.4) is 0 Å². The first-order valence-electron chi connectivity index (χ1n) is 13.6. The predicted molar refractivity (Wildman–Crippen MR) is 164 cm³/mol. The molecule has 0 saturated carbocycles. The number of aryl methyl sites for hydroxylation is 2. The van der Waals surface area contributed by atoms with E-state index in [0.29, 0.717) is 11.3 Å². The van der Waals surface area contributed by atoms with Crippen LogP contribution in [0.5, 0.6) is 5.75 Å². The van der Waals surface area contributed by atoms with E-state index in [4.69, 9.17) is 9.47 Å². The van der Waals surface area contributed by atoms with E-state index in [2.05, 4.69) is 51.0 Å². The molecule has 0 atom stereocenters. The molecule has 0 unspecified atom stereocenters. The van der Waals surface area contributed by atoms with E-state index in [-0.39, 0.29) is 12.7 Å². The fourth-order valence-electron chi connectivity index (χ4n) is 4.87. The van der Waals surface area contributed by atoms with Gasteiger partial charge in [0.25, 0.3) is 5.91 Å². The number of carbonyl (C=O) groups excluding carboxylic acids is 1. The molecule has 42 heavy (non-hydrogen) atoms. The number of amides is 1. The van der Waals surface area contributed by atoms with Gasteiger partial charge >= 0.3 is 0 Å². The van der Waals surface area contributed by atoms with Crippen LogP contribution in [0.1, 0.15) is 34.1 Å². The number of imidazole rings is 1. The molecule has 6 aromatic rings. The standard InChI is InChI=1S/C34H29N5O3/c1-4-38-21-31(24-10-14-29(15-11-24)42-22-41-3)30-16-12-27(19-32(30)38)37-34(40)26-8-7-23(2)25(18-26)9-13-28-20-35-33-6-5-17-36-39(28)33/h5-8,10-12,14-21H,4,22H2,1-3H3,(H,37,40). The number of carbonyl (C=O) groups is 1. The highest BCUT2D eigenvalue weighted by Crippen LogP contribution is 2.33. The van der Waals surface area contributed by atoms with E-state index in [1.165, 1.54) is 0 Å². The molecule has 6 rings (SSSR count). The molecule has 0 radical (unpaired) electrons. The Labute approximate surface area is 243 Å². The highest BCUT2D eigenvalue weighted by molar-refractivity contribution is 6.06. The molecule has 0 saturated heterocycles. The van der Waals surface area contributed by atoms with E-state index < -0.39 is 0 Å². The van der Waals surface area contributed by atoms with Crippen molar-refractivity contribution in [2.45, 2.75) is 20.4 Å². The van der Waals surface area contributed by atoms with Crippen molar-refractivity contribution in [3.8, 4) is 28.7 Å². The highest BCUT2D eigenvalue weighted by Gasteiger charge is 2.13. The van der Waals surface area contributed by atoms with E-state index >= 15 is 0 Å². The minimum atomic E-state index is -0.199. The highest BCUT2D eigenvalue weighted by atomic mass is 16.7. The summed E-state index contributed by atoms with van der Waals surface area (Å²) in [6.45, 7) is 5.09. The maximum atomic E-state index is 13.3. The Morgan fingerprint density at radius 2 is 1.88 bits per heavy atom. The predicted octanol–water partition coefficient (Wildman–Crippen LogP) is 6.31. The molecular weight excluding hydrogens is 526 g/mol. The van der Waals surface area contributed by atoms with Gasteiger partial charge in [-0.15, -0.1) is 0 Å². The number of benzene rings is 3. The molecule has 8 heteroatoms. The molecule has 0 fully saturated rings. The average molecular weight is 556 g/mol. The molecule has 8 nitrogen and oxygen atoms in total. The number of methoxy groups -OCH3 is 1. The number of rotatable bonds is 7. The lowest BCUT2D eigenvalue weighted by Gasteiger charge is -2.09. The third-order valence-electron chi connectivity index (χ3n) is 7.09. The number of anilines is 1. The van der Waals surface area contributed by atoms with Crippen molar-refractivity contribution in [3.63, 3.8) is 0 Å². The zero-order valence-electron chi connectivity index (χ0n) is 23.6. The number of hydrogen-bond acceptors (Lipinski definition) is 5. The summed E-state index contributed by atoms with van der Waals surface area (Å²) in [4.78, 5) is 17.6. The summed E-state index contributed by atoms with van der Waals surface area (Å²) >= 11 is 0. The lowest BCUT2D eigenvalue weighted by atomic mass is 10.0. The SMILES string of the molecule is CCn1cc(-c2ccc(OCOC)cc2)c2ccc(NC(=O)c3ccc(C)c(C#Cc4cnc5cccnn45)c3)cc21. The maximum Gasteiger partial charge on any atom is 0.255 e. The molecule has 1 amide bonds. The van der Waals surface area contributed by atoms with Crippen LogP contribution in [0.4, 0.5) is 5.69 Å². The number of nitrogens with one attached hydrogen (secondary N) is 1.